The zero-order valence-electron chi connectivity index (χ0n) is 13.5. The number of nitriles is 1. The summed E-state index contributed by atoms with van der Waals surface area (Å²) in [6, 6.07) is 13.3. The molecular formula is C18H27N3. The van der Waals surface area contributed by atoms with Gasteiger partial charge in [-0.15, -0.1) is 0 Å². The fourth-order valence-electron chi connectivity index (χ4n) is 3.41. The van der Waals surface area contributed by atoms with Crippen LogP contribution in [0.25, 0.3) is 0 Å². The van der Waals surface area contributed by atoms with E-state index in [1.54, 1.807) is 0 Å². The normalized spacial score (nSPS) is 26.0. The van der Waals surface area contributed by atoms with E-state index in [0.717, 1.165) is 31.1 Å². The van der Waals surface area contributed by atoms with Crippen LogP contribution in [-0.2, 0) is 5.54 Å². The molecule has 3 heteroatoms. The van der Waals surface area contributed by atoms with E-state index in [2.05, 4.69) is 49.2 Å². The van der Waals surface area contributed by atoms with E-state index < -0.39 is 5.54 Å². The van der Waals surface area contributed by atoms with E-state index in [1.807, 2.05) is 18.2 Å². The van der Waals surface area contributed by atoms with Crippen molar-refractivity contribution < 1.29 is 0 Å². The maximum absolute atomic E-state index is 9.89. The predicted molar refractivity (Wildman–Crippen MR) is 86.8 cm³/mol. The van der Waals surface area contributed by atoms with Gasteiger partial charge in [0.25, 0.3) is 0 Å². The summed E-state index contributed by atoms with van der Waals surface area (Å²) >= 11 is 0. The van der Waals surface area contributed by atoms with Crippen molar-refractivity contribution in [3.8, 4) is 6.07 Å². The lowest BCUT2D eigenvalue weighted by atomic mass is 9.87. The lowest BCUT2D eigenvalue weighted by Gasteiger charge is -2.41. The molecule has 0 aliphatic carbocycles. The number of likely N-dealkylation sites (N-methyl/N-ethyl adjacent to an activating group) is 1. The van der Waals surface area contributed by atoms with Crippen molar-refractivity contribution in [3.63, 3.8) is 0 Å². The molecule has 21 heavy (non-hydrogen) atoms. The lowest BCUT2D eigenvalue weighted by Crippen LogP contribution is -2.54. The molecule has 1 heterocycles. The summed E-state index contributed by atoms with van der Waals surface area (Å²) in [5.74, 6) is 0.795. The van der Waals surface area contributed by atoms with Gasteiger partial charge in [0.15, 0.2) is 0 Å². The molecule has 1 aliphatic rings. The fourth-order valence-corrected chi connectivity index (χ4v) is 3.41. The van der Waals surface area contributed by atoms with Crippen molar-refractivity contribution in [1.82, 2.24) is 10.2 Å². The first-order valence-electron chi connectivity index (χ1n) is 8.07. The molecular weight excluding hydrogens is 258 g/mol. The Labute approximate surface area is 129 Å². The van der Waals surface area contributed by atoms with Crippen LogP contribution in [0.4, 0.5) is 0 Å². The van der Waals surface area contributed by atoms with Gasteiger partial charge in [0.2, 0.25) is 0 Å². The van der Waals surface area contributed by atoms with Crippen molar-refractivity contribution in [2.24, 2.45) is 5.92 Å². The Morgan fingerprint density at radius 2 is 2.05 bits per heavy atom. The number of piperidine rings is 1. The van der Waals surface area contributed by atoms with Crippen LogP contribution in [0.3, 0.4) is 0 Å². The van der Waals surface area contributed by atoms with E-state index in [0.29, 0.717) is 6.04 Å². The smallest absolute Gasteiger partial charge is 0.145 e. The van der Waals surface area contributed by atoms with Crippen LogP contribution in [0.5, 0.6) is 0 Å². The maximum atomic E-state index is 9.89. The second-order valence-corrected chi connectivity index (χ2v) is 6.36. The molecule has 1 aromatic rings. The molecule has 1 aliphatic heterocycles. The average molecular weight is 285 g/mol. The molecule has 0 bridgehead atoms. The summed E-state index contributed by atoms with van der Waals surface area (Å²) in [5.41, 5.74) is 0.463. The minimum absolute atomic E-state index is 0.545. The predicted octanol–water partition coefficient (Wildman–Crippen LogP) is 3.14. The molecule has 114 valence electrons. The molecule has 1 saturated heterocycles. The average Bonchev–Trinajstić information content (AvgIpc) is 2.50. The minimum Gasteiger partial charge on any atom is -0.297 e. The van der Waals surface area contributed by atoms with E-state index in [4.69, 9.17) is 0 Å². The SMILES string of the molecule is CCNC(C#N)(CN1CCC(C)CC1C)c1ccccc1. The summed E-state index contributed by atoms with van der Waals surface area (Å²) in [6.45, 7) is 9.32. The van der Waals surface area contributed by atoms with Crippen LogP contribution in [0.15, 0.2) is 30.3 Å². The number of rotatable bonds is 5. The Bertz CT molecular complexity index is 479. The van der Waals surface area contributed by atoms with Gasteiger partial charge >= 0.3 is 0 Å². The first kappa shape index (κ1) is 16.0. The zero-order valence-corrected chi connectivity index (χ0v) is 13.5. The van der Waals surface area contributed by atoms with Crippen molar-refractivity contribution >= 4 is 0 Å². The number of hydrogen-bond acceptors (Lipinski definition) is 3. The van der Waals surface area contributed by atoms with Crippen LogP contribution in [-0.4, -0.2) is 30.6 Å². The lowest BCUT2D eigenvalue weighted by molar-refractivity contribution is 0.103. The van der Waals surface area contributed by atoms with E-state index in [1.165, 1.54) is 12.8 Å². The fraction of sp³-hybridized carbons (Fsp3) is 0.611. The van der Waals surface area contributed by atoms with Crippen LogP contribution in [0, 0.1) is 17.2 Å². The highest BCUT2D eigenvalue weighted by molar-refractivity contribution is 5.32. The van der Waals surface area contributed by atoms with Gasteiger partial charge in [-0.2, -0.15) is 5.26 Å². The van der Waals surface area contributed by atoms with Crippen LogP contribution in [0.1, 0.15) is 39.2 Å². The number of benzene rings is 1. The second kappa shape index (κ2) is 7.06. The second-order valence-electron chi connectivity index (χ2n) is 6.36. The van der Waals surface area contributed by atoms with Gasteiger partial charge in [-0.3, -0.25) is 10.2 Å². The molecule has 1 aromatic carbocycles. The van der Waals surface area contributed by atoms with Crippen molar-refractivity contribution in [3.05, 3.63) is 35.9 Å². The maximum Gasteiger partial charge on any atom is 0.145 e. The molecule has 1 N–H and O–H groups in total. The highest BCUT2D eigenvalue weighted by Gasteiger charge is 2.36. The number of likely N-dealkylation sites (tertiary alicyclic amines) is 1. The van der Waals surface area contributed by atoms with Crippen LogP contribution < -0.4 is 5.32 Å². The van der Waals surface area contributed by atoms with E-state index in [-0.39, 0.29) is 0 Å². The van der Waals surface area contributed by atoms with Gasteiger partial charge < -0.3 is 0 Å². The van der Waals surface area contributed by atoms with Gasteiger partial charge in [0.05, 0.1) is 6.07 Å². The molecule has 1 fully saturated rings. The summed E-state index contributed by atoms with van der Waals surface area (Å²) in [4.78, 5) is 2.47. The number of nitrogens with one attached hydrogen (secondary N) is 1. The largest absolute Gasteiger partial charge is 0.297 e. The molecule has 0 radical (unpaired) electrons. The molecule has 3 unspecified atom stereocenters. The molecule has 0 saturated carbocycles. The van der Waals surface area contributed by atoms with Crippen molar-refractivity contribution in [1.29, 1.82) is 5.26 Å². The molecule has 3 atom stereocenters. The standard InChI is InChI=1S/C18H27N3/c1-4-20-18(13-19,17-8-6-5-7-9-17)14-21-11-10-15(2)12-16(21)3/h5-9,15-16,20H,4,10-12,14H2,1-3H3. The summed E-state index contributed by atoms with van der Waals surface area (Å²) < 4.78 is 0. The Hall–Kier alpha value is -1.37. The Kier molecular flexibility index (Phi) is 5.39. The Balaban J connectivity index is 2.23. The van der Waals surface area contributed by atoms with Crippen LogP contribution in [0.2, 0.25) is 0 Å². The van der Waals surface area contributed by atoms with Crippen molar-refractivity contribution in [2.45, 2.75) is 45.2 Å². The quantitative estimate of drug-likeness (QED) is 0.903. The minimum atomic E-state index is -0.606. The van der Waals surface area contributed by atoms with Gasteiger partial charge in [-0.25, -0.2) is 0 Å². The van der Waals surface area contributed by atoms with E-state index in [9.17, 15) is 5.26 Å². The van der Waals surface area contributed by atoms with Gasteiger partial charge in [-0.05, 0) is 44.3 Å². The van der Waals surface area contributed by atoms with E-state index >= 15 is 0 Å². The summed E-state index contributed by atoms with van der Waals surface area (Å²) in [5, 5.41) is 13.3. The summed E-state index contributed by atoms with van der Waals surface area (Å²) in [7, 11) is 0. The van der Waals surface area contributed by atoms with Gasteiger partial charge in [-0.1, -0.05) is 44.2 Å². The monoisotopic (exact) mass is 285 g/mol. The zero-order chi connectivity index (χ0) is 15.3. The van der Waals surface area contributed by atoms with Gasteiger partial charge in [0.1, 0.15) is 5.54 Å². The number of hydrogen-bond donors (Lipinski definition) is 1. The van der Waals surface area contributed by atoms with Crippen LogP contribution >= 0.6 is 0 Å². The highest BCUT2D eigenvalue weighted by Crippen LogP contribution is 2.28. The third-order valence-corrected chi connectivity index (χ3v) is 4.65. The third-order valence-electron chi connectivity index (χ3n) is 4.65. The molecule has 3 nitrogen and oxygen atoms in total. The highest BCUT2D eigenvalue weighted by atomic mass is 15.2. The Morgan fingerprint density at radius 1 is 1.33 bits per heavy atom. The molecule has 0 amide bonds. The molecule has 2 rings (SSSR count). The molecule has 0 spiro atoms. The topological polar surface area (TPSA) is 39.1 Å². The first-order valence-corrected chi connectivity index (χ1v) is 8.07. The number of nitrogens with zero attached hydrogens (tertiary/aromatic N) is 2. The summed E-state index contributed by atoms with van der Waals surface area (Å²) in [6.07, 6.45) is 2.45. The first-order chi connectivity index (χ1) is 10.1. The Morgan fingerprint density at radius 3 is 2.62 bits per heavy atom. The van der Waals surface area contributed by atoms with Gasteiger partial charge in [0, 0.05) is 12.6 Å². The van der Waals surface area contributed by atoms with Crippen molar-refractivity contribution in [2.75, 3.05) is 19.6 Å². The third kappa shape index (κ3) is 3.64. The molecule has 0 aromatic heterocycles.